The van der Waals surface area contributed by atoms with Gasteiger partial charge in [0.15, 0.2) is 5.65 Å². The lowest BCUT2D eigenvalue weighted by molar-refractivity contribution is 0.0817. The summed E-state index contributed by atoms with van der Waals surface area (Å²) in [6, 6.07) is 7.14. The van der Waals surface area contributed by atoms with Crippen LogP contribution in [0.1, 0.15) is 10.6 Å². The molecule has 4 heterocycles. The van der Waals surface area contributed by atoms with Crippen molar-refractivity contribution >= 4 is 51.6 Å². The molecule has 0 atom stereocenters. The minimum absolute atomic E-state index is 0.140. The van der Waals surface area contributed by atoms with Gasteiger partial charge in [-0.15, -0.1) is 11.3 Å². The Balaban J connectivity index is 1.44. The van der Waals surface area contributed by atoms with Crippen molar-refractivity contribution in [2.45, 2.75) is 45.5 Å². The normalized spacial score (nSPS) is 12.5. The Morgan fingerprint density at radius 2 is 1.88 bits per heavy atom. The molecule has 0 radical (unpaired) electrons. The first-order valence-electron chi connectivity index (χ1n) is 11.3. The van der Waals surface area contributed by atoms with Crippen molar-refractivity contribution in [3.63, 3.8) is 0 Å². The maximum atomic E-state index is 13.4. The van der Waals surface area contributed by atoms with Gasteiger partial charge in [-0.25, -0.2) is 14.3 Å². The summed E-state index contributed by atoms with van der Waals surface area (Å²) in [5, 5.41) is 11.7. The van der Waals surface area contributed by atoms with E-state index in [-0.39, 0.29) is 5.56 Å². The van der Waals surface area contributed by atoms with Crippen molar-refractivity contribution in [1.29, 1.82) is 0 Å². The summed E-state index contributed by atoms with van der Waals surface area (Å²) in [6.45, 7) is 8.91. The molecule has 0 unspecified atom stereocenters. The number of hydrogen-bond acceptors (Lipinski definition) is 7. The van der Waals surface area contributed by atoms with Crippen LogP contribution in [0.4, 0.5) is 0 Å². The lowest BCUT2D eigenvalue weighted by atomic mass is 10.1. The third-order valence-corrected chi connectivity index (χ3v) is 8.86. The van der Waals surface area contributed by atoms with Gasteiger partial charge in [-0.2, -0.15) is 10.2 Å². The van der Waals surface area contributed by atoms with Crippen molar-refractivity contribution in [1.82, 2.24) is 29.1 Å². The van der Waals surface area contributed by atoms with Gasteiger partial charge >= 0.3 is 0 Å². The van der Waals surface area contributed by atoms with Crippen LogP contribution in [0.25, 0.3) is 32.2 Å². The molecule has 0 aliphatic heterocycles. The van der Waals surface area contributed by atoms with E-state index in [1.54, 1.807) is 6.20 Å². The monoisotopic (exact) mass is 495 g/mol. The number of fused-ring (bicyclic) bond motifs is 4. The van der Waals surface area contributed by atoms with Gasteiger partial charge in [-0.1, -0.05) is 31.8 Å². The van der Waals surface area contributed by atoms with Gasteiger partial charge < -0.3 is 15.0 Å². The second-order valence-corrected chi connectivity index (χ2v) is 16.4. The molecule has 0 saturated carbocycles. The smallest absolute Gasteiger partial charge is 0.291 e. The van der Waals surface area contributed by atoms with Crippen LogP contribution in [0, 0.1) is 0 Å². The molecule has 4 aromatic heterocycles. The summed E-state index contributed by atoms with van der Waals surface area (Å²) in [4.78, 5) is 17.9. The van der Waals surface area contributed by atoms with Crippen LogP contribution in [-0.4, -0.2) is 43.8 Å². The molecule has 0 aliphatic carbocycles. The number of thiazole rings is 1. The first-order chi connectivity index (χ1) is 16.3. The number of nitrogens with two attached hydrogens (primary N) is 1. The molecular weight excluding hydrogens is 466 g/mol. The first-order valence-corrected chi connectivity index (χ1v) is 15.8. The number of rotatable bonds is 8. The van der Waals surface area contributed by atoms with Gasteiger partial charge in [0, 0.05) is 39.0 Å². The maximum Gasteiger partial charge on any atom is 0.291 e. The Bertz CT molecular complexity index is 1560. The number of aryl methyl sites for hydroxylation is 1. The lowest BCUT2D eigenvalue weighted by Crippen LogP contribution is -2.24. The highest BCUT2D eigenvalue weighted by molar-refractivity contribution is 7.19. The molecule has 178 valence electrons. The minimum Gasteiger partial charge on any atom is -0.360 e. The van der Waals surface area contributed by atoms with Gasteiger partial charge in [0.05, 0.1) is 29.2 Å². The highest BCUT2D eigenvalue weighted by Gasteiger charge is 2.18. The van der Waals surface area contributed by atoms with Crippen LogP contribution < -0.4 is 11.3 Å². The van der Waals surface area contributed by atoms with Crippen LogP contribution in [0.2, 0.25) is 25.7 Å². The van der Waals surface area contributed by atoms with Crippen molar-refractivity contribution in [3.05, 3.63) is 51.5 Å². The highest BCUT2D eigenvalue weighted by atomic mass is 32.1. The summed E-state index contributed by atoms with van der Waals surface area (Å²) >= 11 is 1.51. The zero-order valence-electron chi connectivity index (χ0n) is 19.9. The fraction of sp³-hybridized carbons (Fsp3) is 0.391. The molecule has 0 spiro atoms. The zero-order chi connectivity index (χ0) is 24.0. The van der Waals surface area contributed by atoms with Gasteiger partial charge in [0.2, 0.25) is 0 Å². The Kier molecular flexibility index (Phi) is 5.88. The van der Waals surface area contributed by atoms with Crippen molar-refractivity contribution < 1.29 is 4.74 Å². The summed E-state index contributed by atoms with van der Waals surface area (Å²) in [5.41, 5.74) is 8.95. The Morgan fingerprint density at radius 1 is 1.12 bits per heavy atom. The second kappa shape index (κ2) is 8.73. The molecular formula is C23H29N7O2SSi. The number of nitrogens with zero attached hydrogens (tertiary/aromatic N) is 6. The quantitative estimate of drug-likeness (QED) is 0.261. The number of benzene rings is 1. The first kappa shape index (κ1) is 22.9. The van der Waals surface area contributed by atoms with Crippen LogP contribution in [0.3, 0.4) is 0 Å². The Morgan fingerprint density at radius 3 is 2.65 bits per heavy atom. The van der Waals surface area contributed by atoms with E-state index in [0.717, 1.165) is 49.9 Å². The molecule has 5 rings (SSSR count). The summed E-state index contributed by atoms with van der Waals surface area (Å²) in [7, 11) is 0.734. The molecule has 9 nitrogen and oxygen atoms in total. The molecule has 0 aliphatic rings. The van der Waals surface area contributed by atoms with E-state index in [2.05, 4.69) is 34.8 Å². The second-order valence-electron chi connectivity index (χ2n) is 9.74. The molecule has 0 bridgehead atoms. The van der Waals surface area contributed by atoms with Gasteiger partial charge in [-0.3, -0.25) is 4.79 Å². The van der Waals surface area contributed by atoms with Crippen LogP contribution in [0.5, 0.6) is 0 Å². The van der Waals surface area contributed by atoms with E-state index in [4.69, 9.17) is 10.5 Å². The van der Waals surface area contributed by atoms with Crippen molar-refractivity contribution in [2.75, 3.05) is 6.61 Å². The summed E-state index contributed by atoms with van der Waals surface area (Å²) in [5.74, 6) is 0. The third kappa shape index (κ3) is 4.09. The van der Waals surface area contributed by atoms with Crippen LogP contribution in [-0.2, 0) is 31.6 Å². The van der Waals surface area contributed by atoms with Crippen LogP contribution in [0.15, 0.2) is 35.4 Å². The van der Waals surface area contributed by atoms with E-state index in [1.165, 1.54) is 16.0 Å². The van der Waals surface area contributed by atoms with E-state index in [1.807, 2.05) is 40.7 Å². The van der Waals surface area contributed by atoms with Crippen LogP contribution >= 0.6 is 11.3 Å². The van der Waals surface area contributed by atoms with Crippen molar-refractivity contribution in [3.8, 4) is 0 Å². The molecule has 0 fully saturated rings. The summed E-state index contributed by atoms with van der Waals surface area (Å²) < 4.78 is 12.1. The maximum absolute atomic E-state index is 13.4. The number of hydrogen-bond donors (Lipinski definition) is 1. The standard InChI is InChI=1S/C23H29N7O2SSi/c1-28-20-17(21-22(28)27-19(10-24)33-21)12-25-29(23(20)31)13-15-6-5-7-18-16(15)11-26-30(18)14-32-8-9-34(2,3)4/h5-7,11-12H,8-10,13-14,24H2,1-4H3. The van der Waals surface area contributed by atoms with E-state index >= 15 is 0 Å². The average Bonchev–Trinajstić information content (AvgIpc) is 3.47. The Labute approximate surface area is 201 Å². The van der Waals surface area contributed by atoms with Gasteiger partial charge in [0.1, 0.15) is 17.3 Å². The molecule has 34 heavy (non-hydrogen) atoms. The van der Waals surface area contributed by atoms with Crippen molar-refractivity contribution in [2.24, 2.45) is 12.8 Å². The lowest BCUT2D eigenvalue weighted by Gasteiger charge is -2.15. The Hall–Kier alpha value is -2.86. The average molecular weight is 496 g/mol. The molecule has 11 heteroatoms. The molecule has 0 saturated heterocycles. The van der Waals surface area contributed by atoms with E-state index in [9.17, 15) is 4.79 Å². The summed E-state index contributed by atoms with van der Waals surface area (Å²) in [6.07, 6.45) is 3.60. The minimum atomic E-state index is -1.13. The molecule has 1 aromatic carbocycles. The predicted molar refractivity (Wildman–Crippen MR) is 139 cm³/mol. The fourth-order valence-electron chi connectivity index (χ4n) is 4.13. The predicted octanol–water partition coefficient (Wildman–Crippen LogP) is 3.51. The third-order valence-electron chi connectivity index (χ3n) is 6.05. The highest BCUT2D eigenvalue weighted by Crippen LogP contribution is 2.30. The molecule has 5 aromatic rings. The number of ether oxygens (including phenoxy) is 1. The number of aromatic nitrogens is 6. The van der Waals surface area contributed by atoms with E-state index < -0.39 is 8.07 Å². The fourth-order valence-corrected chi connectivity index (χ4v) is 5.87. The SMILES string of the molecule is Cn1c2nc(CN)sc2c2cnn(Cc3cccc4c3cnn4COCC[Si](C)(C)C)c(=O)c21. The molecule has 2 N–H and O–H groups in total. The van der Waals surface area contributed by atoms with Gasteiger partial charge in [-0.05, 0) is 17.7 Å². The van der Waals surface area contributed by atoms with E-state index in [0.29, 0.717) is 25.3 Å². The molecule has 0 amide bonds. The topological polar surface area (TPSA) is 106 Å². The van der Waals surface area contributed by atoms with Gasteiger partial charge in [0.25, 0.3) is 5.56 Å². The zero-order valence-corrected chi connectivity index (χ0v) is 21.7. The largest absolute Gasteiger partial charge is 0.360 e.